The molecule has 9 nitrogen and oxygen atoms in total. The van der Waals surface area contributed by atoms with Gasteiger partial charge in [0.25, 0.3) is 11.8 Å². The van der Waals surface area contributed by atoms with Crippen LogP contribution in [0.5, 0.6) is 0 Å². The first-order valence-electron chi connectivity index (χ1n) is 11.5. The van der Waals surface area contributed by atoms with Crippen molar-refractivity contribution in [3.05, 3.63) is 16.0 Å². The Labute approximate surface area is 196 Å². The minimum Gasteiger partial charge on any atom is -0.454 e. The molecule has 2 heterocycles. The molecule has 1 aromatic heterocycles. The average Bonchev–Trinajstić information content (AvgIpc) is 3.10. The molecule has 1 spiro atoms. The van der Waals surface area contributed by atoms with Crippen molar-refractivity contribution in [3.63, 3.8) is 0 Å². The molecule has 176 valence electrons. The van der Waals surface area contributed by atoms with Crippen LogP contribution in [0.2, 0.25) is 0 Å². The summed E-state index contributed by atoms with van der Waals surface area (Å²) in [6, 6.07) is 1.59. The molecule has 2 N–H and O–H groups in total. The van der Waals surface area contributed by atoms with Gasteiger partial charge < -0.3 is 15.4 Å². The average molecular weight is 473 g/mol. The predicted octanol–water partition coefficient (Wildman–Crippen LogP) is 2.87. The monoisotopic (exact) mass is 472 g/mol. The van der Waals surface area contributed by atoms with Crippen LogP contribution in [0, 0.1) is 17.2 Å². The lowest BCUT2D eigenvalue weighted by atomic mass is 9.73. The van der Waals surface area contributed by atoms with Gasteiger partial charge in [-0.1, -0.05) is 26.2 Å². The maximum Gasteiger partial charge on any atom is 0.326 e. The summed E-state index contributed by atoms with van der Waals surface area (Å²) in [4.78, 5) is 52.0. The van der Waals surface area contributed by atoms with Crippen molar-refractivity contribution in [2.24, 2.45) is 5.92 Å². The summed E-state index contributed by atoms with van der Waals surface area (Å²) < 4.78 is 5.03. The Morgan fingerprint density at radius 3 is 2.79 bits per heavy atom. The Morgan fingerprint density at radius 1 is 1.24 bits per heavy atom. The Kier molecular flexibility index (Phi) is 6.70. The van der Waals surface area contributed by atoms with Crippen molar-refractivity contribution in [1.29, 1.82) is 5.26 Å². The normalized spacial score (nSPS) is 24.6. The number of hydrogen-bond donors (Lipinski definition) is 2. The van der Waals surface area contributed by atoms with Gasteiger partial charge in [-0.2, -0.15) is 5.26 Å². The van der Waals surface area contributed by atoms with Crippen molar-refractivity contribution in [2.75, 3.05) is 18.5 Å². The smallest absolute Gasteiger partial charge is 0.326 e. The van der Waals surface area contributed by atoms with Gasteiger partial charge in [-0.25, -0.2) is 4.79 Å². The molecular weight excluding hydrogens is 444 g/mol. The van der Waals surface area contributed by atoms with Gasteiger partial charge in [-0.3, -0.25) is 19.3 Å². The molecule has 2 fully saturated rings. The molecule has 33 heavy (non-hydrogen) atoms. The minimum atomic E-state index is -0.947. The number of anilines is 1. The summed E-state index contributed by atoms with van der Waals surface area (Å²) >= 11 is 1.40. The first-order chi connectivity index (χ1) is 15.9. The number of nitrogens with one attached hydrogen (secondary N) is 2. The van der Waals surface area contributed by atoms with E-state index >= 15 is 0 Å². The minimum absolute atomic E-state index is 0.00950. The number of thiophene rings is 1. The van der Waals surface area contributed by atoms with Gasteiger partial charge in [0.05, 0.1) is 5.56 Å². The zero-order valence-electron chi connectivity index (χ0n) is 18.7. The molecule has 0 bridgehead atoms. The zero-order valence-corrected chi connectivity index (χ0v) is 19.5. The molecule has 2 aliphatic carbocycles. The summed E-state index contributed by atoms with van der Waals surface area (Å²) in [5.74, 6) is -1.81. The van der Waals surface area contributed by atoms with Crippen LogP contribution in [0.1, 0.15) is 67.9 Å². The quantitative estimate of drug-likeness (QED) is 0.385. The van der Waals surface area contributed by atoms with Crippen molar-refractivity contribution in [1.82, 2.24) is 10.2 Å². The van der Waals surface area contributed by atoms with Crippen molar-refractivity contribution >= 4 is 40.2 Å². The van der Waals surface area contributed by atoms with E-state index in [0.717, 1.165) is 66.7 Å². The van der Waals surface area contributed by atoms with E-state index in [-0.39, 0.29) is 5.92 Å². The summed E-state index contributed by atoms with van der Waals surface area (Å²) in [6.07, 6.45) is 8.16. The Morgan fingerprint density at radius 2 is 2.03 bits per heavy atom. The molecule has 2 atom stereocenters. The van der Waals surface area contributed by atoms with Crippen LogP contribution in [0.25, 0.3) is 0 Å². The number of amides is 4. The van der Waals surface area contributed by atoms with Crippen LogP contribution in [0.4, 0.5) is 9.80 Å². The summed E-state index contributed by atoms with van der Waals surface area (Å²) in [5.41, 5.74) is 0.553. The van der Waals surface area contributed by atoms with Gasteiger partial charge in [0.2, 0.25) is 0 Å². The van der Waals surface area contributed by atoms with E-state index in [9.17, 15) is 24.4 Å². The zero-order chi connectivity index (χ0) is 23.6. The molecule has 10 heteroatoms. The first-order valence-corrected chi connectivity index (χ1v) is 12.3. The van der Waals surface area contributed by atoms with E-state index in [4.69, 9.17) is 4.74 Å². The number of esters is 1. The molecule has 0 aromatic carbocycles. The number of hydrogen-bond acceptors (Lipinski definition) is 7. The lowest BCUT2D eigenvalue weighted by Crippen LogP contribution is -2.54. The van der Waals surface area contributed by atoms with Crippen LogP contribution >= 0.6 is 11.3 Å². The fourth-order valence-electron chi connectivity index (χ4n) is 5.07. The number of nitriles is 1. The topological polar surface area (TPSA) is 129 Å². The number of fused-ring (bicyclic) bond motifs is 1. The third-order valence-corrected chi connectivity index (χ3v) is 8.15. The Bertz CT molecular complexity index is 1030. The Balaban J connectivity index is 1.32. The highest BCUT2D eigenvalue weighted by atomic mass is 32.1. The number of rotatable bonds is 5. The summed E-state index contributed by atoms with van der Waals surface area (Å²) in [6.45, 7) is 0.837. The van der Waals surface area contributed by atoms with E-state index in [2.05, 4.69) is 16.7 Å². The van der Waals surface area contributed by atoms with E-state index in [0.29, 0.717) is 17.0 Å². The maximum absolute atomic E-state index is 12.9. The van der Waals surface area contributed by atoms with Crippen LogP contribution in [0.3, 0.4) is 0 Å². The number of carbonyl (C=O) groups excluding carboxylic acids is 4. The maximum atomic E-state index is 12.9. The second-order valence-corrected chi connectivity index (χ2v) is 10.1. The third kappa shape index (κ3) is 4.47. The highest BCUT2D eigenvalue weighted by Crippen LogP contribution is 2.38. The SMILES string of the molecule is C[C@@H]1CCCC[C@@]12NC(=O)N(CC(=O)OCC(=O)Nc1sc3c(c1C#N)CCCCC3)C2=O. The number of aryl methyl sites for hydroxylation is 1. The van der Waals surface area contributed by atoms with Crippen molar-refractivity contribution < 1.29 is 23.9 Å². The number of ether oxygens (including phenoxy) is 1. The molecule has 1 aromatic rings. The van der Waals surface area contributed by atoms with Crippen LogP contribution in [-0.2, 0) is 32.0 Å². The van der Waals surface area contributed by atoms with Crippen LogP contribution in [0.15, 0.2) is 0 Å². The van der Waals surface area contributed by atoms with E-state index in [1.807, 2.05) is 6.92 Å². The van der Waals surface area contributed by atoms with Crippen LogP contribution in [-0.4, -0.2) is 47.4 Å². The number of urea groups is 1. The largest absolute Gasteiger partial charge is 0.454 e. The number of imide groups is 1. The van der Waals surface area contributed by atoms with Crippen LogP contribution < -0.4 is 10.6 Å². The molecule has 1 saturated carbocycles. The van der Waals surface area contributed by atoms with E-state index < -0.39 is 42.5 Å². The van der Waals surface area contributed by atoms with Gasteiger partial charge in [0.1, 0.15) is 23.2 Å². The molecule has 1 aliphatic heterocycles. The lowest BCUT2D eigenvalue weighted by molar-refractivity contribution is -0.150. The summed E-state index contributed by atoms with van der Waals surface area (Å²) in [7, 11) is 0. The van der Waals surface area contributed by atoms with Gasteiger partial charge in [0.15, 0.2) is 6.61 Å². The number of nitrogens with zero attached hydrogens (tertiary/aromatic N) is 2. The fraction of sp³-hybridized carbons (Fsp3) is 0.609. The highest BCUT2D eigenvalue weighted by molar-refractivity contribution is 7.16. The van der Waals surface area contributed by atoms with Crippen molar-refractivity contribution in [3.8, 4) is 6.07 Å². The van der Waals surface area contributed by atoms with E-state index in [1.54, 1.807) is 0 Å². The molecule has 1 saturated heterocycles. The molecule has 3 aliphatic rings. The van der Waals surface area contributed by atoms with Gasteiger partial charge in [-0.15, -0.1) is 11.3 Å². The van der Waals surface area contributed by atoms with Gasteiger partial charge >= 0.3 is 12.0 Å². The fourth-order valence-corrected chi connectivity index (χ4v) is 6.33. The van der Waals surface area contributed by atoms with Gasteiger partial charge in [0, 0.05) is 4.88 Å². The lowest BCUT2D eigenvalue weighted by Gasteiger charge is -2.36. The first kappa shape index (κ1) is 23.2. The molecule has 0 unspecified atom stereocenters. The van der Waals surface area contributed by atoms with Crippen molar-refractivity contribution in [2.45, 2.75) is 70.3 Å². The Hall–Kier alpha value is -2.93. The van der Waals surface area contributed by atoms with Gasteiger partial charge in [-0.05, 0) is 50.0 Å². The van der Waals surface area contributed by atoms with E-state index in [1.165, 1.54) is 11.3 Å². The second-order valence-electron chi connectivity index (χ2n) is 9.03. The molecule has 0 radical (unpaired) electrons. The predicted molar refractivity (Wildman–Crippen MR) is 120 cm³/mol. The summed E-state index contributed by atoms with van der Waals surface area (Å²) in [5, 5.41) is 15.5. The number of carbonyl (C=O) groups is 4. The highest BCUT2D eigenvalue weighted by Gasteiger charge is 2.55. The standard InChI is InChI=1S/C23H28N4O5S/c1-14-7-5-6-10-23(14)21(30)27(22(31)26-23)12-19(29)32-13-18(28)25-20-16(11-24)15-8-3-2-4-9-17(15)33-20/h14H,2-10,12-13H2,1H3,(H,25,28)(H,26,31)/t14-,23-/m1/s1. The second kappa shape index (κ2) is 9.51. The third-order valence-electron chi connectivity index (χ3n) is 6.94. The molecular formula is C23H28N4O5S. The molecule has 4 rings (SSSR count). The molecule has 4 amide bonds.